The number of urea groups is 1. The van der Waals surface area contributed by atoms with Crippen molar-refractivity contribution in [1.29, 1.82) is 0 Å². The Hall–Kier alpha value is -1.26. The van der Waals surface area contributed by atoms with Crippen molar-refractivity contribution in [3.05, 3.63) is 0 Å². The van der Waals surface area contributed by atoms with Gasteiger partial charge in [0, 0.05) is 26.1 Å². The molecule has 1 aliphatic heterocycles. The van der Waals surface area contributed by atoms with Crippen molar-refractivity contribution < 1.29 is 14.7 Å². The van der Waals surface area contributed by atoms with Crippen LogP contribution in [0.25, 0.3) is 0 Å². The maximum atomic E-state index is 12.1. The molecule has 0 unspecified atom stereocenters. The first kappa shape index (κ1) is 16.1. The molecule has 0 bridgehead atoms. The fourth-order valence-corrected chi connectivity index (χ4v) is 3.56. The van der Waals surface area contributed by atoms with Gasteiger partial charge in [-0.3, -0.25) is 4.79 Å². The molecule has 0 aromatic heterocycles. The Bertz CT molecular complexity index is 345. The molecule has 2 aliphatic rings. The quantitative estimate of drug-likeness (QED) is 0.819. The van der Waals surface area contributed by atoms with Gasteiger partial charge in [0.1, 0.15) is 0 Å². The van der Waals surface area contributed by atoms with E-state index in [-0.39, 0.29) is 18.4 Å². The molecule has 5 nitrogen and oxygen atoms in total. The fourth-order valence-electron chi connectivity index (χ4n) is 3.56. The summed E-state index contributed by atoms with van der Waals surface area (Å²) >= 11 is 0. The molecule has 1 heterocycles. The Balaban J connectivity index is 1.59. The molecule has 0 aromatic carbocycles. The number of aliphatic carboxylic acids is 1. The third-order valence-corrected chi connectivity index (χ3v) is 4.92. The Kier molecular flexibility index (Phi) is 6.33. The largest absolute Gasteiger partial charge is 0.481 e. The van der Waals surface area contributed by atoms with E-state index in [1.165, 1.54) is 32.1 Å². The maximum Gasteiger partial charge on any atom is 0.317 e. The van der Waals surface area contributed by atoms with Crippen LogP contribution in [0.1, 0.15) is 57.8 Å². The number of amides is 2. The highest BCUT2D eigenvalue weighted by Gasteiger charge is 2.24. The summed E-state index contributed by atoms with van der Waals surface area (Å²) in [4.78, 5) is 24.6. The van der Waals surface area contributed by atoms with Crippen LogP contribution in [0.3, 0.4) is 0 Å². The molecule has 0 spiro atoms. The van der Waals surface area contributed by atoms with Crippen LogP contribution in [0.15, 0.2) is 0 Å². The lowest BCUT2D eigenvalue weighted by Crippen LogP contribution is -2.45. The first-order chi connectivity index (χ1) is 10.1. The molecule has 0 atom stereocenters. The number of carbonyl (C=O) groups excluding carboxylic acids is 1. The zero-order valence-electron chi connectivity index (χ0n) is 12.9. The Labute approximate surface area is 127 Å². The molecule has 0 radical (unpaired) electrons. The van der Waals surface area contributed by atoms with Gasteiger partial charge in [0.25, 0.3) is 0 Å². The number of rotatable bonds is 5. The lowest BCUT2D eigenvalue weighted by atomic mass is 9.87. The molecular weight excluding hydrogens is 268 g/mol. The minimum Gasteiger partial charge on any atom is -0.481 e. The number of carbonyl (C=O) groups is 2. The summed E-state index contributed by atoms with van der Waals surface area (Å²) in [6, 6.07) is 0.0274. The zero-order valence-corrected chi connectivity index (χ0v) is 12.9. The van der Waals surface area contributed by atoms with Crippen LogP contribution in [0.5, 0.6) is 0 Å². The Morgan fingerprint density at radius 2 is 1.67 bits per heavy atom. The van der Waals surface area contributed by atoms with Gasteiger partial charge in [-0.15, -0.1) is 0 Å². The van der Waals surface area contributed by atoms with Crippen molar-refractivity contribution in [2.24, 2.45) is 11.8 Å². The summed E-state index contributed by atoms with van der Waals surface area (Å²) in [6.45, 7) is 2.15. The van der Waals surface area contributed by atoms with Crippen LogP contribution in [0.2, 0.25) is 0 Å². The summed E-state index contributed by atoms with van der Waals surface area (Å²) in [5.41, 5.74) is 0. The molecule has 2 rings (SSSR count). The summed E-state index contributed by atoms with van der Waals surface area (Å²) in [5, 5.41) is 11.8. The molecule has 1 saturated heterocycles. The van der Waals surface area contributed by atoms with Crippen molar-refractivity contribution in [2.45, 2.75) is 57.8 Å². The minimum absolute atomic E-state index is 0.0274. The topological polar surface area (TPSA) is 69.6 Å². The third kappa shape index (κ3) is 5.56. The predicted octanol–water partition coefficient (Wildman–Crippen LogP) is 2.85. The van der Waals surface area contributed by atoms with Crippen molar-refractivity contribution in [3.63, 3.8) is 0 Å². The van der Waals surface area contributed by atoms with E-state index in [1.807, 2.05) is 4.90 Å². The number of carboxylic acids is 1. The van der Waals surface area contributed by atoms with Crippen LogP contribution < -0.4 is 5.32 Å². The second-order valence-corrected chi connectivity index (χ2v) is 6.55. The lowest BCUT2D eigenvalue weighted by Gasteiger charge is -2.31. The van der Waals surface area contributed by atoms with Gasteiger partial charge in [0.05, 0.1) is 0 Å². The monoisotopic (exact) mass is 296 g/mol. The van der Waals surface area contributed by atoms with Gasteiger partial charge >= 0.3 is 12.0 Å². The summed E-state index contributed by atoms with van der Waals surface area (Å²) in [6.07, 6.45) is 9.63. The summed E-state index contributed by atoms with van der Waals surface area (Å²) in [5.74, 6) is 0.291. The molecule has 21 heavy (non-hydrogen) atoms. The van der Waals surface area contributed by atoms with E-state index < -0.39 is 5.97 Å². The molecule has 1 saturated carbocycles. The Morgan fingerprint density at radius 1 is 1.00 bits per heavy atom. The average Bonchev–Trinajstić information content (AvgIpc) is 2.48. The number of nitrogens with zero attached hydrogens (tertiary/aromatic N) is 1. The van der Waals surface area contributed by atoms with Gasteiger partial charge in [-0.05, 0) is 31.1 Å². The number of carboxylic acid groups (broad SMARTS) is 1. The highest BCUT2D eigenvalue weighted by atomic mass is 16.4. The van der Waals surface area contributed by atoms with Crippen LogP contribution >= 0.6 is 0 Å². The minimum atomic E-state index is -0.731. The van der Waals surface area contributed by atoms with E-state index in [4.69, 9.17) is 5.11 Å². The number of hydrogen-bond donors (Lipinski definition) is 2. The van der Waals surface area contributed by atoms with Crippen LogP contribution in [0.4, 0.5) is 4.79 Å². The fraction of sp³-hybridized carbons (Fsp3) is 0.875. The molecule has 2 fully saturated rings. The van der Waals surface area contributed by atoms with Gasteiger partial charge in [0.2, 0.25) is 0 Å². The van der Waals surface area contributed by atoms with Crippen molar-refractivity contribution in [3.8, 4) is 0 Å². The van der Waals surface area contributed by atoms with E-state index in [0.717, 1.165) is 31.7 Å². The van der Waals surface area contributed by atoms with Gasteiger partial charge in [-0.1, -0.05) is 32.1 Å². The van der Waals surface area contributed by atoms with Gasteiger partial charge in [-0.25, -0.2) is 4.79 Å². The van der Waals surface area contributed by atoms with E-state index >= 15 is 0 Å². The van der Waals surface area contributed by atoms with Crippen LogP contribution in [0, 0.1) is 11.8 Å². The molecule has 2 amide bonds. The molecule has 1 aliphatic carbocycles. The van der Waals surface area contributed by atoms with Gasteiger partial charge < -0.3 is 15.3 Å². The molecule has 120 valence electrons. The van der Waals surface area contributed by atoms with Crippen LogP contribution in [-0.4, -0.2) is 41.6 Å². The van der Waals surface area contributed by atoms with E-state index in [2.05, 4.69) is 5.32 Å². The zero-order chi connectivity index (χ0) is 15.1. The molecule has 5 heteroatoms. The third-order valence-electron chi connectivity index (χ3n) is 4.92. The first-order valence-electron chi connectivity index (χ1n) is 8.39. The van der Waals surface area contributed by atoms with Gasteiger partial charge in [-0.2, -0.15) is 0 Å². The normalized spacial score (nSPS) is 21.2. The van der Waals surface area contributed by atoms with Crippen molar-refractivity contribution >= 4 is 12.0 Å². The summed E-state index contributed by atoms with van der Waals surface area (Å²) < 4.78 is 0. The highest BCUT2D eigenvalue weighted by Crippen LogP contribution is 2.25. The first-order valence-corrected chi connectivity index (χ1v) is 8.39. The predicted molar refractivity (Wildman–Crippen MR) is 81.1 cm³/mol. The number of likely N-dealkylation sites (tertiary alicyclic amines) is 1. The standard InChI is InChI=1S/C16H28N2O3/c19-15(20)12-14-7-10-18(11-8-14)16(21)17-9-6-13-4-2-1-3-5-13/h13-14H,1-12H2,(H,17,21)(H,19,20). The molecule has 0 aromatic rings. The van der Waals surface area contributed by atoms with Crippen LogP contribution in [-0.2, 0) is 4.79 Å². The highest BCUT2D eigenvalue weighted by molar-refractivity contribution is 5.74. The molecular formula is C16H28N2O3. The molecule has 2 N–H and O–H groups in total. The second kappa shape index (κ2) is 8.25. The van der Waals surface area contributed by atoms with E-state index in [1.54, 1.807) is 0 Å². The number of piperidine rings is 1. The lowest BCUT2D eigenvalue weighted by molar-refractivity contribution is -0.138. The van der Waals surface area contributed by atoms with Crippen molar-refractivity contribution in [1.82, 2.24) is 10.2 Å². The smallest absolute Gasteiger partial charge is 0.317 e. The van der Waals surface area contributed by atoms with Gasteiger partial charge in [0.15, 0.2) is 0 Å². The van der Waals surface area contributed by atoms with Crippen molar-refractivity contribution in [2.75, 3.05) is 19.6 Å². The number of nitrogens with one attached hydrogen (secondary N) is 1. The van der Waals surface area contributed by atoms with E-state index in [0.29, 0.717) is 13.1 Å². The Morgan fingerprint density at radius 3 is 2.29 bits per heavy atom. The SMILES string of the molecule is O=C(O)CC1CCN(C(=O)NCCC2CCCCC2)CC1. The van der Waals surface area contributed by atoms with E-state index in [9.17, 15) is 9.59 Å². The number of hydrogen-bond acceptors (Lipinski definition) is 2. The average molecular weight is 296 g/mol. The maximum absolute atomic E-state index is 12.1. The second-order valence-electron chi connectivity index (χ2n) is 6.55. The summed E-state index contributed by atoms with van der Waals surface area (Å²) in [7, 11) is 0.